The SMILES string of the molecule is O=C(CCCc1c[nH]c2ccccc12)NCC1(C(=O)O)CC1. The second-order valence-electron chi connectivity index (χ2n) is 6.08. The minimum atomic E-state index is -0.799. The van der Waals surface area contributed by atoms with Gasteiger partial charge in [-0.15, -0.1) is 0 Å². The first-order valence-electron chi connectivity index (χ1n) is 7.66. The van der Waals surface area contributed by atoms with E-state index in [4.69, 9.17) is 5.11 Å². The van der Waals surface area contributed by atoms with Gasteiger partial charge >= 0.3 is 5.97 Å². The van der Waals surface area contributed by atoms with Gasteiger partial charge in [0.1, 0.15) is 0 Å². The number of carboxylic acid groups (broad SMARTS) is 1. The average molecular weight is 300 g/mol. The number of hydrogen-bond acceptors (Lipinski definition) is 2. The van der Waals surface area contributed by atoms with Crippen molar-refractivity contribution in [3.63, 3.8) is 0 Å². The second kappa shape index (κ2) is 5.83. The monoisotopic (exact) mass is 300 g/mol. The number of para-hydroxylation sites is 1. The van der Waals surface area contributed by atoms with E-state index in [1.165, 1.54) is 10.9 Å². The molecular formula is C17H20N2O3. The summed E-state index contributed by atoms with van der Waals surface area (Å²) in [6.07, 6.45) is 5.34. The molecule has 0 radical (unpaired) electrons. The van der Waals surface area contributed by atoms with Gasteiger partial charge in [0.15, 0.2) is 0 Å². The predicted octanol–water partition coefficient (Wildman–Crippen LogP) is 2.47. The summed E-state index contributed by atoms with van der Waals surface area (Å²) in [5, 5.41) is 13.0. The quantitative estimate of drug-likeness (QED) is 0.734. The van der Waals surface area contributed by atoms with Gasteiger partial charge in [0.05, 0.1) is 5.41 Å². The third kappa shape index (κ3) is 2.98. The lowest BCUT2D eigenvalue weighted by Gasteiger charge is -2.10. The largest absolute Gasteiger partial charge is 0.481 e. The van der Waals surface area contributed by atoms with Crippen LogP contribution < -0.4 is 5.32 Å². The Labute approximate surface area is 128 Å². The van der Waals surface area contributed by atoms with Crippen LogP contribution in [-0.2, 0) is 16.0 Å². The van der Waals surface area contributed by atoms with Crippen molar-refractivity contribution in [2.24, 2.45) is 5.41 Å². The zero-order chi connectivity index (χ0) is 15.6. The van der Waals surface area contributed by atoms with Crippen molar-refractivity contribution < 1.29 is 14.7 Å². The lowest BCUT2D eigenvalue weighted by Crippen LogP contribution is -2.34. The number of carbonyl (C=O) groups is 2. The maximum absolute atomic E-state index is 11.8. The maximum atomic E-state index is 11.8. The highest BCUT2D eigenvalue weighted by Gasteiger charge is 2.50. The molecule has 1 aliphatic carbocycles. The third-order valence-corrected chi connectivity index (χ3v) is 4.46. The van der Waals surface area contributed by atoms with E-state index >= 15 is 0 Å². The third-order valence-electron chi connectivity index (χ3n) is 4.46. The van der Waals surface area contributed by atoms with Crippen molar-refractivity contribution in [3.8, 4) is 0 Å². The zero-order valence-electron chi connectivity index (χ0n) is 12.4. The number of rotatable bonds is 7. The number of aryl methyl sites for hydroxylation is 1. The van der Waals surface area contributed by atoms with Crippen molar-refractivity contribution >= 4 is 22.8 Å². The number of carbonyl (C=O) groups excluding carboxylic acids is 1. The lowest BCUT2D eigenvalue weighted by atomic mass is 10.1. The number of aromatic amines is 1. The van der Waals surface area contributed by atoms with Gasteiger partial charge in [-0.2, -0.15) is 0 Å². The molecule has 5 nitrogen and oxygen atoms in total. The zero-order valence-corrected chi connectivity index (χ0v) is 12.4. The summed E-state index contributed by atoms with van der Waals surface area (Å²) in [5.41, 5.74) is 1.64. The van der Waals surface area contributed by atoms with Gasteiger partial charge in [-0.3, -0.25) is 9.59 Å². The van der Waals surface area contributed by atoms with Gasteiger partial charge in [-0.05, 0) is 37.3 Å². The topological polar surface area (TPSA) is 82.2 Å². The Balaban J connectivity index is 1.45. The molecule has 5 heteroatoms. The van der Waals surface area contributed by atoms with Crippen LogP contribution >= 0.6 is 0 Å². The van der Waals surface area contributed by atoms with Crippen molar-refractivity contribution in [1.82, 2.24) is 10.3 Å². The van der Waals surface area contributed by atoms with Crippen LogP contribution in [-0.4, -0.2) is 28.5 Å². The number of carboxylic acids is 1. The fraction of sp³-hybridized carbons (Fsp3) is 0.412. The molecule has 2 aromatic rings. The Bertz CT molecular complexity index is 701. The highest BCUT2D eigenvalue weighted by Crippen LogP contribution is 2.45. The van der Waals surface area contributed by atoms with Crippen LogP contribution in [0.1, 0.15) is 31.2 Å². The molecule has 0 bridgehead atoms. The van der Waals surface area contributed by atoms with E-state index < -0.39 is 11.4 Å². The predicted molar refractivity (Wildman–Crippen MR) is 83.5 cm³/mol. The molecule has 0 aliphatic heterocycles. The van der Waals surface area contributed by atoms with Gasteiger partial charge in [-0.1, -0.05) is 18.2 Å². The van der Waals surface area contributed by atoms with E-state index in [9.17, 15) is 9.59 Å². The van der Waals surface area contributed by atoms with E-state index in [-0.39, 0.29) is 12.5 Å². The van der Waals surface area contributed by atoms with Gasteiger partial charge in [-0.25, -0.2) is 0 Å². The summed E-state index contributed by atoms with van der Waals surface area (Å²) in [6, 6.07) is 8.11. The lowest BCUT2D eigenvalue weighted by molar-refractivity contribution is -0.143. The number of nitrogens with one attached hydrogen (secondary N) is 2. The molecule has 3 N–H and O–H groups in total. The molecule has 0 unspecified atom stereocenters. The summed E-state index contributed by atoms with van der Waals surface area (Å²) >= 11 is 0. The van der Waals surface area contributed by atoms with E-state index in [1.807, 2.05) is 24.4 Å². The molecule has 1 aromatic carbocycles. The van der Waals surface area contributed by atoms with Crippen LogP contribution in [0.2, 0.25) is 0 Å². The number of aromatic nitrogens is 1. The number of aliphatic carboxylic acids is 1. The number of amides is 1. The van der Waals surface area contributed by atoms with Gasteiger partial charge in [0.25, 0.3) is 0 Å². The highest BCUT2D eigenvalue weighted by atomic mass is 16.4. The molecule has 0 atom stereocenters. The van der Waals surface area contributed by atoms with E-state index in [0.29, 0.717) is 19.3 Å². The highest BCUT2D eigenvalue weighted by molar-refractivity contribution is 5.83. The molecule has 3 rings (SSSR count). The summed E-state index contributed by atoms with van der Waals surface area (Å²) in [4.78, 5) is 26.1. The van der Waals surface area contributed by atoms with E-state index in [1.54, 1.807) is 0 Å². The minimum absolute atomic E-state index is 0.0626. The summed E-state index contributed by atoms with van der Waals surface area (Å²) in [7, 11) is 0. The maximum Gasteiger partial charge on any atom is 0.311 e. The average Bonchev–Trinajstić information content (AvgIpc) is 3.21. The smallest absolute Gasteiger partial charge is 0.311 e. The first kappa shape index (κ1) is 14.6. The van der Waals surface area contributed by atoms with E-state index in [0.717, 1.165) is 18.4 Å². The Kier molecular flexibility index (Phi) is 3.88. The van der Waals surface area contributed by atoms with Crippen molar-refractivity contribution in [2.75, 3.05) is 6.54 Å². The molecular weight excluding hydrogens is 280 g/mol. The molecule has 1 fully saturated rings. The normalized spacial score (nSPS) is 15.6. The van der Waals surface area contributed by atoms with Crippen LogP contribution in [0.5, 0.6) is 0 Å². The van der Waals surface area contributed by atoms with Crippen LogP contribution in [0, 0.1) is 5.41 Å². The standard InChI is InChI=1S/C17H20N2O3/c20-15(19-11-17(8-9-17)16(21)22)7-3-4-12-10-18-14-6-2-1-5-13(12)14/h1-2,5-6,10,18H,3-4,7-9,11H2,(H,19,20)(H,21,22). The fourth-order valence-corrected chi connectivity index (χ4v) is 2.75. The molecule has 0 saturated heterocycles. The first-order chi connectivity index (χ1) is 10.6. The minimum Gasteiger partial charge on any atom is -0.481 e. The molecule has 22 heavy (non-hydrogen) atoms. The summed E-state index contributed by atoms with van der Waals surface area (Å²) < 4.78 is 0. The summed E-state index contributed by atoms with van der Waals surface area (Å²) in [6.45, 7) is 0.258. The first-order valence-corrected chi connectivity index (χ1v) is 7.66. The van der Waals surface area contributed by atoms with Gasteiger partial charge in [0.2, 0.25) is 5.91 Å². The Morgan fingerprint density at radius 3 is 2.77 bits per heavy atom. The van der Waals surface area contributed by atoms with Gasteiger partial charge in [0, 0.05) is 30.1 Å². The van der Waals surface area contributed by atoms with E-state index in [2.05, 4.69) is 16.4 Å². The Morgan fingerprint density at radius 1 is 1.27 bits per heavy atom. The van der Waals surface area contributed by atoms with Crippen molar-refractivity contribution in [1.29, 1.82) is 0 Å². The van der Waals surface area contributed by atoms with Crippen LogP contribution in [0.4, 0.5) is 0 Å². The number of benzene rings is 1. The Hall–Kier alpha value is -2.30. The second-order valence-corrected chi connectivity index (χ2v) is 6.08. The van der Waals surface area contributed by atoms with Gasteiger partial charge < -0.3 is 15.4 Å². The summed E-state index contributed by atoms with van der Waals surface area (Å²) in [5.74, 6) is -0.862. The number of hydrogen-bond donors (Lipinski definition) is 3. The van der Waals surface area contributed by atoms with Crippen LogP contribution in [0.15, 0.2) is 30.5 Å². The van der Waals surface area contributed by atoms with Crippen molar-refractivity contribution in [3.05, 3.63) is 36.0 Å². The molecule has 0 spiro atoms. The molecule has 1 amide bonds. The molecule has 1 heterocycles. The number of H-pyrrole nitrogens is 1. The fourth-order valence-electron chi connectivity index (χ4n) is 2.75. The van der Waals surface area contributed by atoms with Crippen LogP contribution in [0.25, 0.3) is 10.9 Å². The molecule has 116 valence electrons. The molecule has 1 aliphatic rings. The molecule has 1 saturated carbocycles. The number of fused-ring (bicyclic) bond motifs is 1. The van der Waals surface area contributed by atoms with Crippen molar-refractivity contribution in [2.45, 2.75) is 32.1 Å². The Morgan fingerprint density at radius 2 is 2.05 bits per heavy atom. The molecule has 1 aromatic heterocycles. The van der Waals surface area contributed by atoms with Crippen LogP contribution in [0.3, 0.4) is 0 Å².